The molecule has 1 N–H and O–H groups in total. The fourth-order valence-corrected chi connectivity index (χ4v) is 3.50. The van der Waals surface area contributed by atoms with Crippen LogP contribution in [0.2, 0.25) is 0 Å². The zero-order valence-corrected chi connectivity index (χ0v) is 15.8. The highest BCUT2D eigenvalue weighted by atomic mass is 32.1. The third-order valence-corrected chi connectivity index (χ3v) is 5.03. The summed E-state index contributed by atoms with van der Waals surface area (Å²) in [6, 6.07) is 10.0. The molecule has 27 heavy (non-hydrogen) atoms. The largest absolute Gasteiger partial charge is 0.494 e. The number of aromatic nitrogens is 1. The van der Waals surface area contributed by atoms with Gasteiger partial charge in [0.25, 0.3) is 11.6 Å². The molecule has 3 rings (SSSR count). The van der Waals surface area contributed by atoms with Crippen LogP contribution in [0.4, 0.5) is 10.8 Å². The maximum Gasteiger partial charge on any atom is 0.273 e. The van der Waals surface area contributed by atoms with Crippen molar-refractivity contribution in [2.24, 2.45) is 0 Å². The number of nitro benzene ring substituents is 1. The van der Waals surface area contributed by atoms with Gasteiger partial charge in [0.05, 0.1) is 21.7 Å². The molecule has 1 aromatic heterocycles. The Hall–Kier alpha value is -3.00. The number of nitro groups is 1. The van der Waals surface area contributed by atoms with E-state index in [1.54, 1.807) is 13.0 Å². The van der Waals surface area contributed by atoms with Crippen LogP contribution in [0, 0.1) is 17.0 Å². The number of ether oxygens (including phenoxy) is 1. The lowest BCUT2D eigenvalue weighted by atomic mass is 10.1. The van der Waals surface area contributed by atoms with Gasteiger partial charge in [0.15, 0.2) is 5.13 Å². The van der Waals surface area contributed by atoms with Crippen LogP contribution in [0.3, 0.4) is 0 Å². The van der Waals surface area contributed by atoms with Gasteiger partial charge in [0.2, 0.25) is 0 Å². The number of thiazole rings is 1. The molecule has 1 amide bonds. The van der Waals surface area contributed by atoms with Crippen molar-refractivity contribution < 1.29 is 14.5 Å². The highest BCUT2D eigenvalue weighted by Crippen LogP contribution is 2.30. The molecule has 0 unspecified atom stereocenters. The summed E-state index contributed by atoms with van der Waals surface area (Å²) in [5.41, 5.74) is 1.26. The molecule has 0 aliphatic heterocycles. The van der Waals surface area contributed by atoms with E-state index in [0.29, 0.717) is 17.3 Å². The molecule has 0 atom stereocenters. The molecule has 0 radical (unpaired) electrons. The SMILES string of the molecule is CCCCOc1ccc2nc(NC(=O)c3cccc([N+](=O)[O-])c3C)sc2c1. The van der Waals surface area contributed by atoms with Crippen LogP contribution in [0.5, 0.6) is 5.75 Å². The highest BCUT2D eigenvalue weighted by molar-refractivity contribution is 7.22. The summed E-state index contributed by atoms with van der Waals surface area (Å²) in [6.07, 6.45) is 2.06. The average molecular weight is 385 g/mol. The summed E-state index contributed by atoms with van der Waals surface area (Å²) < 4.78 is 6.59. The minimum absolute atomic E-state index is 0.0826. The standard InChI is InChI=1S/C19H19N3O4S/c1-3-4-10-26-13-8-9-15-17(11-13)27-19(20-15)21-18(23)14-6-5-7-16(12(14)2)22(24)25/h5-9,11H,3-4,10H2,1-2H3,(H,20,21,23). The summed E-state index contributed by atoms with van der Waals surface area (Å²) in [5, 5.41) is 14.2. The molecule has 8 heteroatoms. The van der Waals surface area contributed by atoms with E-state index in [1.807, 2.05) is 18.2 Å². The molecular weight excluding hydrogens is 366 g/mol. The quantitative estimate of drug-likeness (QED) is 0.353. The van der Waals surface area contributed by atoms with Gasteiger partial charge in [0.1, 0.15) is 5.75 Å². The first kappa shape index (κ1) is 18.8. The van der Waals surface area contributed by atoms with Gasteiger partial charge < -0.3 is 4.74 Å². The summed E-state index contributed by atoms with van der Waals surface area (Å²) in [6.45, 7) is 4.33. The zero-order chi connectivity index (χ0) is 19.4. The van der Waals surface area contributed by atoms with Crippen molar-refractivity contribution in [3.63, 3.8) is 0 Å². The third-order valence-electron chi connectivity index (χ3n) is 4.09. The van der Waals surface area contributed by atoms with Crippen molar-refractivity contribution in [3.8, 4) is 5.75 Å². The van der Waals surface area contributed by atoms with Gasteiger partial charge in [0, 0.05) is 17.2 Å². The van der Waals surface area contributed by atoms with Gasteiger partial charge in [-0.25, -0.2) is 4.98 Å². The normalized spacial score (nSPS) is 10.7. The number of anilines is 1. The molecule has 0 saturated heterocycles. The van der Waals surface area contributed by atoms with Crippen LogP contribution in [0.25, 0.3) is 10.2 Å². The van der Waals surface area contributed by atoms with Crippen LogP contribution in [-0.4, -0.2) is 22.4 Å². The van der Waals surface area contributed by atoms with Gasteiger partial charge >= 0.3 is 0 Å². The number of carbonyl (C=O) groups excluding carboxylic acids is 1. The fourth-order valence-electron chi connectivity index (χ4n) is 2.61. The predicted octanol–water partition coefficient (Wildman–Crippen LogP) is 4.94. The number of amides is 1. The second-order valence-electron chi connectivity index (χ2n) is 6.01. The summed E-state index contributed by atoms with van der Waals surface area (Å²) in [4.78, 5) is 27.5. The maximum absolute atomic E-state index is 12.5. The first-order valence-electron chi connectivity index (χ1n) is 8.58. The second kappa shape index (κ2) is 8.13. The first-order chi connectivity index (χ1) is 13.0. The van der Waals surface area contributed by atoms with E-state index in [0.717, 1.165) is 28.8 Å². The monoisotopic (exact) mass is 385 g/mol. The van der Waals surface area contributed by atoms with Gasteiger partial charge in [-0.05, 0) is 37.6 Å². The van der Waals surface area contributed by atoms with E-state index in [1.165, 1.54) is 23.5 Å². The lowest BCUT2D eigenvalue weighted by Crippen LogP contribution is -2.13. The van der Waals surface area contributed by atoms with E-state index in [-0.39, 0.29) is 11.3 Å². The minimum Gasteiger partial charge on any atom is -0.494 e. The minimum atomic E-state index is -0.496. The first-order valence-corrected chi connectivity index (χ1v) is 9.40. The van der Waals surface area contributed by atoms with Crippen LogP contribution in [-0.2, 0) is 0 Å². The summed E-state index contributed by atoms with van der Waals surface area (Å²) >= 11 is 1.33. The molecule has 0 bridgehead atoms. The topological polar surface area (TPSA) is 94.4 Å². The third kappa shape index (κ3) is 4.22. The van der Waals surface area contributed by atoms with Crippen LogP contribution in [0.15, 0.2) is 36.4 Å². The number of benzene rings is 2. The van der Waals surface area contributed by atoms with Crippen molar-refractivity contribution in [2.75, 3.05) is 11.9 Å². The highest BCUT2D eigenvalue weighted by Gasteiger charge is 2.19. The van der Waals surface area contributed by atoms with E-state index < -0.39 is 10.8 Å². The number of carbonyl (C=O) groups is 1. The number of nitrogens with one attached hydrogen (secondary N) is 1. The Morgan fingerprint density at radius 1 is 1.33 bits per heavy atom. The van der Waals surface area contributed by atoms with Gasteiger partial charge in [-0.15, -0.1) is 0 Å². The number of nitrogens with zero attached hydrogens (tertiary/aromatic N) is 2. The molecule has 3 aromatic rings. The van der Waals surface area contributed by atoms with E-state index in [4.69, 9.17) is 4.74 Å². The van der Waals surface area contributed by atoms with Crippen molar-refractivity contribution >= 4 is 38.3 Å². The van der Waals surface area contributed by atoms with Gasteiger partial charge in [-0.2, -0.15) is 0 Å². The van der Waals surface area contributed by atoms with E-state index >= 15 is 0 Å². The Bertz CT molecular complexity index is 1000. The molecule has 7 nitrogen and oxygen atoms in total. The molecule has 0 spiro atoms. The van der Waals surface area contributed by atoms with Crippen molar-refractivity contribution in [1.29, 1.82) is 0 Å². The lowest BCUT2D eigenvalue weighted by Gasteiger charge is -2.05. The van der Waals surface area contributed by atoms with Crippen LogP contribution in [0.1, 0.15) is 35.7 Å². The number of fused-ring (bicyclic) bond motifs is 1. The zero-order valence-electron chi connectivity index (χ0n) is 15.0. The van der Waals surface area contributed by atoms with E-state index in [2.05, 4.69) is 17.2 Å². The van der Waals surface area contributed by atoms with Gasteiger partial charge in [-0.3, -0.25) is 20.2 Å². The molecule has 1 heterocycles. The van der Waals surface area contributed by atoms with E-state index in [9.17, 15) is 14.9 Å². The van der Waals surface area contributed by atoms with Crippen molar-refractivity contribution in [1.82, 2.24) is 4.98 Å². The molecule has 0 fully saturated rings. The fraction of sp³-hybridized carbons (Fsp3) is 0.263. The Morgan fingerprint density at radius 3 is 2.89 bits per heavy atom. The predicted molar refractivity (Wildman–Crippen MR) is 106 cm³/mol. The number of rotatable bonds is 7. The van der Waals surface area contributed by atoms with Crippen molar-refractivity contribution in [3.05, 3.63) is 57.6 Å². The second-order valence-corrected chi connectivity index (χ2v) is 7.04. The maximum atomic E-state index is 12.5. The molecule has 2 aromatic carbocycles. The molecule has 0 aliphatic rings. The number of hydrogen-bond acceptors (Lipinski definition) is 6. The average Bonchev–Trinajstić information content (AvgIpc) is 3.03. The Morgan fingerprint density at radius 2 is 2.15 bits per heavy atom. The molecule has 0 saturated carbocycles. The Balaban J connectivity index is 1.79. The Kier molecular flexibility index (Phi) is 5.66. The lowest BCUT2D eigenvalue weighted by molar-refractivity contribution is -0.385. The van der Waals surface area contributed by atoms with Crippen LogP contribution >= 0.6 is 11.3 Å². The smallest absolute Gasteiger partial charge is 0.273 e. The number of unbranched alkanes of at least 4 members (excludes halogenated alkanes) is 1. The number of hydrogen-bond donors (Lipinski definition) is 1. The van der Waals surface area contributed by atoms with Crippen LogP contribution < -0.4 is 10.1 Å². The molecule has 140 valence electrons. The molecule has 0 aliphatic carbocycles. The summed E-state index contributed by atoms with van der Waals surface area (Å²) in [7, 11) is 0. The van der Waals surface area contributed by atoms with Crippen molar-refractivity contribution in [2.45, 2.75) is 26.7 Å². The molecular formula is C19H19N3O4S. The van der Waals surface area contributed by atoms with Gasteiger partial charge in [-0.1, -0.05) is 30.7 Å². The summed E-state index contributed by atoms with van der Waals surface area (Å²) in [5.74, 6) is 0.349. The Labute approximate surface area is 160 Å².